The van der Waals surface area contributed by atoms with Gasteiger partial charge < -0.3 is 24.8 Å². The Labute approximate surface area is 318 Å². The first kappa shape index (κ1) is 40.1. The Morgan fingerprint density at radius 1 is 0.792 bits per heavy atom. The number of benzene rings is 3. The summed E-state index contributed by atoms with van der Waals surface area (Å²) in [5.41, 5.74) is 13.5. The van der Waals surface area contributed by atoms with Gasteiger partial charge in [0, 0.05) is 0 Å². The standard InChI is InChI=1S/C32H41.C13H10.2ClH.Zr/c1-10-24-27(11-2)32(12-3,31(7,8)9)29(21-15-13-14-16-21)26-20-22-19-23(30(4,5)6)17-18-25(22)28(24)26;1-3-7-12(8-4-1)11-13-9-5-2-6-10-13;;;/h13-15,17-19H,10-12,16H2,1-9H3;1-10H;2*1H;/q-1;;;;+2/p-2. The molecule has 1 unspecified atom stereocenters. The van der Waals surface area contributed by atoms with Crippen LogP contribution >= 0.6 is 0 Å². The van der Waals surface area contributed by atoms with Crippen LogP contribution in [0, 0.1) is 10.8 Å². The van der Waals surface area contributed by atoms with Crippen molar-refractivity contribution in [1.29, 1.82) is 0 Å². The maximum atomic E-state index is 3.99. The van der Waals surface area contributed by atoms with E-state index in [0.29, 0.717) is 0 Å². The summed E-state index contributed by atoms with van der Waals surface area (Å²) in [6, 6.07) is 28.2. The van der Waals surface area contributed by atoms with Gasteiger partial charge in [-0.15, -0.1) is 33.7 Å². The van der Waals surface area contributed by atoms with Crippen molar-refractivity contribution in [3.8, 4) is 0 Å². The molecule has 0 saturated heterocycles. The van der Waals surface area contributed by atoms with Gasteiger partial charge >= 0.3 is 99.2 Å². The van der Waals surface area contributed by atoms with Crippen LogP contribution < -0.4 is 35.3 Å². The summed E-state index contributed by atoms with van der Waals surface area (Å²) in [6.07, 6.45) is 15.3. The van der Waals surface area contributed by atoms with Gasteiger partial charge in [0.05, 0.1) is 0 Å². The van der Waals surface area contributed by atoms with Crippen molar-refractivity contribution in [2.24, 2.45) is 10.8 Å². The van der Waals surface area contributed by atoms with E-state index in [0.717, 1.165) is 25.7 Å². The van der Waals surface area contributed by atoms with E-state index < -0.39 is 0 Å². The zero-order valence-electron chi connectivity index (χ0n) is 30.3. The molecular formula is C45H51Cl2Zr-. The van der Waals surface area contributed by atoms with Crippen LogP contribution in [0.5, 0.6) is 0 Å². The molecule has 0 radical (unpaired) electrons. The second-order valence-corrected chi connectivity index (χ2v) is 16.1. The molecule has 0 amide bonds. The predicted molar refractivity (Wildman–Crippen MR) is 196 cm³/mol. The van der Waals surface area contributed by atoms with Crippen LogP contribution in [0.4, 0.5) is 0 Å². The summed E-state index contributed by atoms with van der Waals surface area (Å²) < 4.78 is 1.42. The van der Waals surface area contributed by atoms with Crippen molar-refractivity contribution in [2.75, 3.05) is 0 Å². The fourth-order valence-corrected chi connectivity index (χ4v) is 8.85. The molecule has 0 aromatic heterocycles. The van der Waals surface area contributed by atoms with Crippen LogP contribution in [0.3, 0.4) is 0 Å². The zero-order valence-corrected chi connectivity index (χ0v) is 34.3. The maximum absolute atomic E-state index is 3.99. The van der Waals surface area contributed by atoms with Crippen LogP contribution in [0.2, 0.25) is 0 Å². The summed E-state index contributed by atoms with van der Waals surface area (Å²) in [7, 11) is 0. The molecule has 3 aromatic rings. The molecule has 0 spiro atoms. The van der Waals surface area contributed by atoms with Gasteiger partial charge in [-0.1, -0.05) is 121 Å². The van der Waals surface area contributed by atoms with E-state index in [9.17, 15) is 0 Å². The van der Waals surface area contributed by atoms with E-state index in [-0.39, 0.29) is 41.1 Å². The Balaban J connectivity index is 0.000000329. The minimum atomic E-state index is 0. The third-order valence-electron chi connectivity index (χ3n) is 10.3. The molecule has 0 N–H and O–H groups in total. The number of rotatable bonds is 6. The van der Waals surface area contributed by atoms with Crippen molar-refractivity contribution in [2.45, 2.75) is 93.4 Å². The van der Waals surface area contributed by atoms with Crippen LogP contribution in [0.15, 0.2) is 125 Å². The van der Waals surface area contributed by atoms with Crippen molar-refractivity contribution < 1.29 is 49.0 Å². The van der Waals surface area contributed by atoms with Crippen LogP contribution in [0.25, 0.3) is 11.6 Å². The van der Waals surface area contributed by atoms with Gasteiger partial charge in [0.15, 0.2) is 0 Å². The first-order valence-corrected chi connectivity index (χ1v) is 18.4. The molecule has 0 fully saturated rings. The molecule has 3 heteroatoms. The van der Waals surface area contributed by atoms with Gasteiger partial charge in [-0.25, -0.2) is 0 Å². The summed E-state index contributed by atoms with van der Waals surface area (Å²) in [6.45, 7) is 21.4. The number of fused-ring (bicyclic) bond motifs is 2. The molecule has 48 heavy (non-hydrogen) atoms. The van der Waals surface area contributed by atoms with E-state index in [1.54, 1.807) is 16.7 Å². The van der Waals surface area contributed by atoms with Gasteiger partial charge in [-0.2, -0.15) is 0 Å². The van der Waals surface area contributed by atoms with E-state index in [4.69, 9.17) is 0 Å². The molecule has 3 aliphatic carbocycles. The summed E-state index contributed by atoms with van der Waals surface area (Å²) in [4.78, 5) is 0. The molecule has 0 heterocycles. The van der Waals surface area contributed by atoms with Gasteiger partial charge in [0.25, 0.3) is 0 Å². The average Bonchev–Trinajstić information content (AvgIpc) is 3.71. The molecule has 6 rings (SSSR count). The minimum absolute atomic E-state index is 0. The van der Waals surface area contributed by atoms with E-state index in [1.165, 1.54) is 71.3 Å². The Hall–Kier alpha value is -2.31. The number of allylic oxidation sites excluding steroid dienone is 8. The second-order valence-electron chi connectivity index (χ2n) is 14.9. The summed E-state index contributed by atoms with van der Waals surface area (Å²) in [5.74, 6) is 0. The fourth-order valence-electron chi connectivity index (χ4n) is 8.03. The Bertz CT molecular complexity index is 1830. The predicted octanol–water partition coefficient (Wildman–Crippen LogP) is 4.37. The Kier molecular flexibility index (Phi) is 13.5. The van der Waals surface area contributed by atoms with Crippen LogP contribution in [0.1, 0.15) is 105 Å². The molecule has 3 aromatic carbocycles. The first-order chi connectivity index (χ1) is 21.9. The molecule has 1 atom stereocenters. The topological polar surface area (TPSA) is 0 Å². The van der Waals surface area contributed by atoms with Crippen LogP contribution in [-0.2, 0) is 29.7 Å². The first-order valence-electron chi connectivity index (χ1n) is 17.2. The van der Waals surface area contributed by atoms with Gasteiger partial charge in [0.2, 0.25) is 0 Å². The molecule has 0 aliphatic heterocycles. The van der Waals surface area contributed by atoms with Crippen LogP contribution in [-0.4, -0.2) is 3.21 Å². The SMILES string of the molecule is CCC1=C(CC)C(CC)(C(C)(C)C)C(C2=CC=CC2)=C2[C-]=c3cc(C(C)(C)C)ccc3=C21.[Cl-].[Cl-].[Zr+2]=[C](c1ccccc1)c1ccccc1. The average molecular weight is 754 g/mol. The third kappa shape index (κ3) is 7.41. The molecule has 250 valence electrons. The zero-order chi connectivity index (χ0) is 33.3. The molecular weight excluding hydrogens is 703 g/mol. The normalized spacial score (nSPS) is 18.1. The number of halogens is 2. The molecule has 3 aliphatic rings. The van der Waals surface area contributed by atoms with Crippen molar-refractivity contribution in [3.63, 3.8) is 0 Å². The molecule has 0 saturated carbocycles. The van der Waals surface area contributed by atoms with E-state index in [1.807, 2.05) is 0 Å². The Morgan fingerprint density at radius 2 is 1.38 bits per heavy atom. The molecule has 0 nitrogen and oxygen atoms in total. The second kappa shape index (κ2) is 16.1. The van der Waals surface area contributed by atoms with E-state index >= 15 is 0 Å². The van der Waals surface area contributed by atoms with Crippen molar-refractivity contribution in [3.05, 3.63) is 152 Å². The van der Waals surface area contributed by atoms with Crippen molar-refractivity contribution >= 4 is 14.9 Å². The quantitative estimate of drug-likeness (QED) is 0.329. The van der Waals surface area contributed by atoms with Crippen molar-refractivity contribution in [1.82, 2.24) is 0 Å². The van der Waals surface area contributed by atoms with Gasteiger partial charge in [-0.05, 0) is 41.9 Å². The molecule has 0 bridgehead atoms. The van der Waals surface area contributed by atoms with Gasteiger partial charge in [0.1, 0.15) is 0 Å². The summed E-state index contributed by atoms with van der Waals surface area (Å²) in [5, 5.41) is 2.67. The Morgan fingerprint density at radius 3 is 1.81 bits per heavy atom. The summed E-state index contributed by atoms with van der Waals surface area (Å²) >= 11 is 1.46. The number of hydrogen-bond donors (Lipinski definition) is 0. The monoisotopic (exact) mass is 751 g/mol. The van der Waals surface area contributed by atoms with E-state index in [2.05, 4.69) is 165 Å². The number of hydrogen-bond acceptors (Lipinski definition) is 0. The third-order valence-corrected chi connectivity index (χ3v) is 11.7. The van der Waals surface area contributed by atoms with Gasteiger partial charge in [-0.3, -0.25) is 0 Å². The fraction of sp³-hybridized carbons (Fsp3) is 0.356.